The van der Waals surface area contributed by atoms with Crippen molar-refractivity contribution < 1.29 is 19.4 Å². The van der Waals surface area contributed by atoms with Crippen LogP contribution in [0.15, 0.2) is 0 Å². The van der Waals surface area contributed by atoms with Crippen LogP contribution in [0.2, 0.25) is 0 Å². The second kappa shape index (κ2) is 8.37. The summed E-state index contributed by atoms with van der Waals surface area (Å²) in [5, 5.41) is 9.40. The van der Waals surface area contributed by atoms with Gasteiger partial charge in [-0.15, -0.1) is 0 Å². The lowest BCUT2D eigenvalue weighted by atomic mass is 9.94. The van der Waals surface area contributed by atoms with Gasteiger partial charge < -0.3 is 14.7 Å². The summed E-state index contributed by atoms with van der Waals surface area (Å²) < 4.78 is 5.09. The number of carboxylic acid groups (broad SMARTS) is 1. The lowest BCUT2D eigenvalue weighted by Gasteiger charge is -2.32. The Labute approximate surface area is 127 Å². The Kier molecular flexibility index (Phi) is 7.15. The fourth-order valence-electron chi connectivity index (χ4n) is 3.19. The highest BCUT2D eigenvalue weighted by Crippen LogP contribution is 2.39. The number of carbonyl (C=O) groups excluding carboxylic acids is 1. The van der Waals surface area contributed by atoms with Crippen molar-refractivity contribution in [2.45, 2.75) is 52.5 Å². The van der Waals surface area contributed by atoms with E-state index >= 15 is 0 Å². The molecule has 5 nitrogen and oxygen atoms in total. The number of aliphatic carboxylic acids is 1. The second-order valence-corrected chi connectivity index (χ2v) is 6.08. The van der Waals surface area contributed by atoms with E-state index in [1.165, 1.54) is 0 Å². The molecule has 0 heterocycles. The lowest BCUT2D eigenvalue weighted by molar-refractivity contribution is -0.150. The second-order valence-electron chi connectivity index (χ2n) is 6.08. The van der Waals surface area contributed by atoms with Crippen molar-refractivity contribution in [3.8, 4) is 0 Å². The molecule has 0 aromatic rings. The zero-order valence-electron chi connectivity index (χ0n) is 13.7. The molecule has 1 fully saturated rings. The topological polar surface area (TPSA) is 66.8 Å². The highest BCUT2D eigenvalue weighted by atomic mass is 16.5. The summed E-state index contributed by atoms with van der Waals surface area (Å²) in [6, 6.07) is 0.114. The molecule has 4 atom stereocenters. The zero-order chi connectivity index (χ0) is 16.0. The van der Waals surface area contributed by atoms with Gasteiger partial charge in [-0.1, -0.05) is 20.3 Å². The van der Waals surface area contributed by atoms with Gasteiger partial charge in [0, 0.05) is 19.7 Å². The summed E-state index contributed by atoms with van der Waals surface area (Å²) >= 11 is 0. The van der Waals surface area contributed by atoms with E-state index in [9.17, 15) is 14.7 Å². The third-order valence-electron chi connectivity index (χ3n) is 4.81. The summed E-state index contributed by atoms with van der Waals surface area (Å²) in [5.41, 5.74) is 0. The largest absolute Gasteiger partial charge is 0.481 e. The molecule has 0 saturated heterocycles. The summed E-state index contributed by atoms with van der Waals surface area (Å²) in [7, 11) is 1.61. The van der Waals surface area contributed by atoms with E-state index in [-0.39, 0.29) is 17.9 Å². The fourth-order valence-corrected chi connectivity index (χ4v) is 3.19. The minimum absolute atomic E-state index is 0.00949. The number of nitrogens with zero attached hydrogens (tertiary/aromatic N) is 1. The molecule has 5 heteroatoms. The Morgan fingerprint density at radius 2 is 1.90 bits per heavy atom. The molecule has 0 aliphatic heterocycles. The van der Waals surface area contributed by atoms with Crippen molar-refractivity contribution in [3.05, 3.63) is 0 Å². The van der Waals surface area contributed by atoms with Crippen molar-refractivity contribution in [1.29, 1.82) is 0 Å². The minimum atomic E-state index is -0.833. The van der Waals surface area contributed by atoms with Gasteiger partial charge in [0.1, 0.15) is 0 Å². The van der Waals surface area contributed by atoms with Crippen LogP contribution in [-0.4, -0.2) is 48.2 Å². The summed E-state index contributed by atoms with van der Waals surface area (Å²) in [6.45, 7) is 7.13. The quantitative estimate of drug-likeness (QED) is 0.747. The molecule has 1 rings (SSSR count). The van der Waals surface area contributed by atoms with Crippen LogP contribution in [0.4, 0.5) is 0 Å². The van der Waals surface area contributed by atoms with E-state index in [0.717, 1.165) is 12.8 Å². The summed E-state index contributed by atoms with van der Waals surface area (Å²) in [4.78, 5) is 26.1. The molecule has 0 aromatic carbocycles. The van der Waals surface area contributed by atoms with Crippen molar-refractivity contribution in [1.82, 2.24) is 4.90 Å². The highest BCUT2D eigenvalue weighted by molar-refractivity contribution is 5.85. The third kappa shape index (κ3) is 4.43. The number of hydrogen-bond donors (Lipinski definition) is 1. The van der Waals surface area contributed by atoms with Crippen molar-refractivity contribution >= 4 is 11.9 Å². The fraction of sp³-hybridized carbons (Fsp3) is 0.875. The lowest BCUT2D eigenvalue weighted by Crippen LogP contribution is -2.45. The predicted molar refractivity (Wildman–Crippen MR) is 81.0 cm³/mol. The van der Waals surface area contributed by atoms with E-state index in [4.69, 9.17) is 4.74 Å². The van der Waals surface area contributed by atoms with Crippen LogP contribution in [0.25, 0.3) is 0 Å². The predicted octanol–water partition coefficient (Wildman–Crippen LogP) is 2.40. The number of carbonyl (C=O) groups is 2. The maximum absolute atomic E-state index is 12.8. The molecule has 1 saturated carbocycles. The Morgan fingerprint density at radius 3 is 2.38 bits per heavy atom. The van der Waals surface area contributed by atoms with Crippen molar-refractivity contribution in [2.75, 3.05) is 20.3 Å². The van der Waals surface area contributed by atoms with Crippen molar-refractivity contribution in [3.63, 3.8) is 0 Å². The van der Waals surface area contributed by atoms with Crippen LogP contribution < -0.4 is 0 Å². The van der Waals surface area contributed by atoms with E-state index in [1.807, 2.05) is 18.7 Å². The van der Waals surface area contributed by atoms with Gasteiger partial charge in [-0.05, 0) is 32.1 Å². The number of amides is 1. The monoisotopic (exact) mass is 299 g/mol. The molecule has 1 amide bonds. The summed E-state index contributed by atoms with van der Waals surface area (Å²) in [6.07, 6.45) is 3.12. The first-order chi connectivity index (χ1) is 9.96. The van der Waals surface area contributed by atoms with E-state index in [2.05, 4.69) is 6.92 Å². The van der Waals surface area contributed by atoms with E-state index in [1.54, 1.807) is 7.11 Å². The molecular formula is C16H29NO4. The third-order valence-corrected chi connectivity index (χ3v) is 4.81. The molecule has 0 spiro atoms. The summed E-state index contributed by atoms with van der Waals surface area (Å²) in [5.74, 6) is -1.40. The molecule has 1 aliphatic carbocycles. The van der Waals surface area contributed by atoms with Gasteiger partial charge in [0.15, 0.2) is 0 Å². The van der Waals surface area contributed by atoms with Gasteiger partial charge in [-0.25, -0.2) is 0 Å². The Morgan fingerprint density at radius 1 is 1.29 bits per heavy atom. The van der Waals surface area contributed by atoms with E-state index in [0.29, 0.717) is 31.9 Å². The molecule has 0 aromatic heterocycles. The minimum Gasteiger partial charge on any atom is -0.481 e. The first-order valence-corrected chi connectivity index (χ1v) is 7.98. The van der Waals surface area contributed by atoms with Crippen LogP contribution >= 0.6 is 0 Å². The number of carboxylic acids is 1. The Balaban J connectivity index is 2.87. The first kappa shape index (κ1) is 18.0. The number of methoxy groups -OCH3 is 1. The maximum atomic E-state index is 12.8. The smallest absolute Gasteiger partial charge is 0.307 e. The van der Waals surface area contributed by atoms with Crippen LogP contribution in [0.1, 0.15) is 46.5 Å². The molecule has 1 N–H and O–H groups in total. The average molecular weight is 299 g/mol. The molecular weight excluding hydrogens is 270 g/mol. The van der Waals surface area contributed by atoms with Crippen LogP contribution in [-0.2, 0) is 14.3 Å². The van der Waals surface area contributed by atoms with Crippen LogP contribution in [0, 0.1) is 17.8 Å². The zero-order valence-corrected chi connectivity index (χ0v) is 13.7. The molecule has 1 aliphatic rings. The first-order valence-electron chi connectivity index (χ1n) is 7.98. The van der Waals surface area contributed by atoms with Gasteiger partial charge in [-0.3, -0.25) is 9.59 Å². The number of hydrogen-bond acceptors (Lipinski definition) is 3. The van der Waals surface area contributed by atoms with Gasteiger partial charge in [0.2, 0.25) is 5.91 Å². The van der Waals surface area contributed by atoms with Gasteiger partial charge in [0.25, 0.3) is 0 Å². The Bertz CT molecular complexity index is 358. The molecule has 122 valence electrons. The van der Waals surface area contributed by atoms with E-state index < -0.39 is 11.9 Å². The standard InChI is InChI=1S/C16H29NO4/c1-5-11(3)17(7-8-21-4)15(18)13-9-12(6-2)10-14(13)16(19)20/h11-14H,5-10H2,1-4H3,(H,19,20)/t11?,12?,13-,14+/m0/s1. The molecule has 2 unspecified atom stereocenters. The SMILES string of the molecule is CCC1C[C@H](C(=O)N(CCOC)C(C)CC)[C@H](C(=O)O)C1. The maximum Gasteiger partial charge on any atom is 0.307 e. The van der Waals surface area contributed by atoms with Crippen molar-refractivity contribution in [2.24, 2.45) is 17.8 Å². The number of rotatable bonds is 8. The number of ether oxygens (including phenoxy) is 1. The molecule has 21 heavy (non-hydrogen) atoms. The highest BCUT2D eigenvalue weighted by Gasteiger charge is 2.44. The normalized spacial score (nSPS) is 26.6. The van der Waals surface area contributed by atoms with Crippen LogP contribution in [0.3, 0.4) is 0 Å². The van der Waals surface area contributed by atoms with Gasteiger partial charge >= 0.3 is 5.97 Å². The Hall–Kier alpha value is -1.10. The average Bonchev–Trinajstić information content (AvgIpc) is 2.91. The molecule has 0 radical (unpaired) electrons. The van der Waals surface area contributed by atoms with Gasteiger partial charge in [0.05, 0.1) is 18.4 Å². The van der Waals surface area contributed by atoms with Crippen LogP contribution in [0.5, 0.6) is 0 Å². The molecule has 0 bridgehead atoms. The van der Waals surface area contributed by atoms with Gasteiger partial charge in [-0.2, -0.15) is 0 Å².